The Bertz CT molecular complexity index is 681. The summed E-state index contributed by atoms with van der Waals surface area (Å²) in [4.78, 5) is 35.8. The highest BCUT2D eigenvalue weighted by Gasteiger charge is 2.31. The summed E-state index contributed by atoms with van der Waals surface area (Å²) in [7, 11) is 0. The number of H-pyrrole nitrogens is 1. The van der Waals surface area contributed by atoms with Crippen LogP contribution in [0.5, 0.6) is 0 Å². The summed E-state index contributed by atoms with van der Waals surface area (Å²) >= 11 is 0. The Morgan fingerprint density at radius 3 is 2.71 bits per heavy atom. The zero-order valence-electron chi connectivity index (χ0n) is 11.9. The van der Waals surface area contributed by atoms with E-state index in [-0.39, 0.29) is 11.6 Å². The van der Waals surface area contributed by atoms with Gasteiger partial charge in [0.2, 0.25) is 0 Å². The number of benzene rings is 1. The average molecular weight is 283 g/mol. The first kappa shape index (κ1) is 13.7. The molecule has 5 nitrogen and oxygen atoms in total. The van der Waals surface area contributed by atoms with Gasteiger partial charge in [-0.05, 0) is 25.5 Å². The molecule has 5 heteroatoms. The lowest BCUT2D eigenvalue weighted by atomic mass is 9.84. The highest BCUT2D eigenvalue weighted by atomic mass is 16.2. The Balaban J connectivity index is 1.78. The van der Waals surface area contributed by atoms with Gasteiger partial charge in [0.25, 0.3) is 0 Å². The van der Waals surface area contributed by atoms with Crippen LogP contribution in [-0.4, -0.2) is 27.2 Å². The highest BCUT2D eigenvalue weighted by Crippen LogP contribution is 2.19. The van der Waals surface area contributed by atoms with Crippen LogP contribution in [-0.2, 0) is 16.1 Å². The smallest absolute Gasteiger partial charge is 0.148 e. The van der Waals surface area contributed by atoms with Gasteiger partial charge in [0.1, 0.15) is 23.3 Å². The number of imidazole rings is 1. The number of nitrogens with one attached hydrogen (secondary N) is 1. The standard InChI is InChI=1S/C16H17N3O2/c1-10(16-13(20)7-4-8-14(16)21)17-9-15-18-11-5-2-3-6-12(11)19-15/h2-3,5-6,16H,4,7-9H2,1H3,(H,18,19). The van der Waals surface area contributed by atoms with Crippen LogP contribution in [0.25, 0.3) is 11.0 Å². The lowest BCUT2D eigenvalue weighted by molar-refractivity contribution is -0.132. The first-order valence-electron chi connectivity index (χ1n) is 7.15. The summed E-state index contributed by atoms with van der Waals surface area (Å²) in [5, 5.41) is 0. The van der Waals surface area contributed by atoms with Crippen LogP contribution in [0.3, 0.4) is 0 Å². The van der Waals surface area contributed by atoms with E-state index < -0.39 is 5.92 Å². The summed E-state index contributed by atoms with van der Waals surface area (Å²) in [6.45, 7) is 2.12. The van der Waals surface area contributed by atoms with Crippen molar-refractivity contribution in [3.05, 3.63) is 30.1 Å². The van der Waals surface area contributed by atoms with Crippen molar-refractivity contribution in [2.24, 2.45) is 10.9 Å². The molecule has 0 aliphatic heterocycles. The number of nitrogens with zero attached hydrogens (tertiary/aromatic N) is 2. The topological polar surface area (TPSA) is 75.2 Å². The molecule has 1 N–H and O–H groups in total. The third-order valence-electron chi connectivity index (χ3n) is 3.82. The molecule has 1 aromatic carbocycles. The molecule has 0 saturated heterocycles. The number of aliphatic imine (C=N–C) groups is 1. The quantitative estimate of drug-likeness (QED) is 0.694. The number of para-hydroxylation sites is 2. The van der Waals surface area contributed by atoms with E-state index in [2.05, 4.69) is 15.0 Å². The Hall–Kier alpha value is -2.30. The van der Waals surface area contributed by atoms with Crippen LogP contribution in [0.1, 0.15) is 32.0 Å². The molecular formula is C16H17N3O2. The highest BCUT2D eigenvalue weighted by molar-refractivity contribution is 6.21. The van der Waals surface area contributed by atoms with Crippen LogP contribution in [0.4, 0.5) is 0 Å². The molecule has 1 aliphatic carbocycles. The molecule has 1 aliphatic rings. The summed E-state index contributed by atoms with van der Waals surface area (Å²) < 4.78 is 0. The minimum atomic E-state index is -0.636. The van der Waals surface area contributed by atoms with Gasteiger partial charge in [0.05, 0.1) is 17.6 Å². The van der Waals surface area contributed by atoms with E-state index in [9.17, 15) is 9.59 Å². The Morgan fingerprint density at radius 2 is 2.00 bits per heavy atom. The molecule has 0 radical (unpaired) electrons. The van der Waals surface area contributed by atoms with E-state index in [1.54, 1.807) is 6.92 Å². The van der Waals surface area contributed by atoms with E-state index in [0.29, 0.717) is 31.5 Å². The minimum absolute atomic E-state index is 0.00268. The molecule has 0 unspecified atom stereocenters. The third kappa shape index (κ3) is 2.77. The molecule has 1 heterocycles. The van der Waals surface area contributed by atoms with Crippen molar-refractivity contribution in [3.8, 4) is 0 Å². The van der Waals surface area contributed by atoms with Gasteiger partial charge in [-0.25, -0.2) is 4.98 Å². The predicted octanol–water partition coefficient (Wildman–Crippen LogP) is 2.46. The maximum absolute atomic E-state index is 11.9. The van der Waals surface area contributed by atoms with E-state index in [1.807, 2.05) is 24.3 Å². The van der Waals surface area contributed by atoms with Crippen molar-refractivity contribution < 1.29 is 9.59 Å². The van der Waals surface area contributed by atoms with Gasteiger partial charge in [-0.2, -0.15) is 0 Å². The number of rotatable bonds is 3. The summed E-state index contributed by atoms with van der Waals surface area (Å²) in [6, 6.07) is 7.76. The van der Waals surface area contributed by atoms with Crippen molar-refractivity contribution in [1.82, 2.24) is 9.97 Å². The summed E-state index contributed by atoms with van der Waals surface area (Å²) in [6.07, 6.45) is 1.63. The van der Waals surface area contributed by atoms with Gasteiger partial charge in [0, 0.05) is 18.6 Å². The van der Waals surface area contributed by atoms with Crippen molar-refractivity contribution in [2.75, 3.05) is 0 Å². The number of fused-ring (bicyclic) bond motifs is 1. The van der Waals surface area contributed by atoms with Gasteiger partial charge in [-0.1, -0.05) is 12.1 Å². The van der Waals surface area contributed by atoms with E-state index in [0.717, 1.165) is 16.9 Å². The molecule has 1 saturated carbocycles. The van der Waals surface area contributed by atoms with Crippen molar-refractivity contribution in [3.63, 3.8) is 0 Å². The van der Waals surface area contributed by atoms with Crippen LogP contribution < -0.4 is 0 Å². The second kappa shape index (κ2) is 5.60. The molecular weight excluding hydrogens is 266 g/mol. The first-order valence-corrected chi connectivity index (χ1v) is 7.15. The molecule has 3 rings (SSSR count). The maximum atomic E-state index is 11.9. The Labute approximate surface area is 122 Å². The number of carbonyl (C=O) groups is 2. The monoisotopic (exact) mass is 283 g/mol. The molecule has 1 fully saturated rings. The Kier molecular flexibility index (Phi) is 3.64. The molecule has 2 aromatic rings. The molecule has 0 spiro atoms. The fraction of sp³-hybridized carbons (Fsp3) is 0.375. The van der Waals surface area contributed by atoms with E-state index in [1.165, 1.54) is 0 Å². The second-order valence-electron chi connectivity index (χ2n) is 5.38. The van der Waals surface area contributed by atoms with Crippen LogP contribution in [0.2, 0.25) is 0 Å². The fourth-order valence-electron chi connectivity index (χ4n) is 2.74. The largest absolute Gasteiger partial charge is 0.340 e. The Morgan fingerprint density at radius 1 is 1.29 bits per heavy atom. The predicted molar refractivity (Wildman–Crippen MR) is 80.3 cm³/mol. The summed E-state index contributed by atoms with van der Waals surface area (Å²) in [5.74, 6) is 0.101. The van der Waals surface area contributed by atoms with E-state index in [4.69, 9.17) is 0 Å². The van der Waals surface area contributed by atoms with E-state index >= 15 is 0 Å². The number of Topliss-reactive ketones (excluding diaryl/α,β-unsaturated/α-hetero) is 2. The van der Waals surface area contributed by atoms with Crippen molar-refractivity contribution in [1.29, 1.82) is 0 Å². The molecule has 0 bridgehead atoms. The first-order chi connectivity index (χ1) is 10.1. The number of aromatic nitrogens is 2. The number of ketones is 2. The van der Waals surface area contributed by atoms with Gasteiger partial charge in [0.15, 0.2) is 0 Å². The van der Waals surface area contributed by atoms with Crippen molar-refractivity contribution in [2.45, 2.75) is 32.7 Å². The third-order valence-corrected chi connectivity index (χ3v) is 3.82. The number of aromatic amines is 1. The number of hydrogen-bond donors (Lipinski definition) is 1. The zero-order chi connectivity index (χ0) is 14.8. The van der Waals surface area contributed by atoms with Crippen LogP contribution in [0, 0.1) is 5.92 Å². The van der Waals surface area contributed by atoms with Crippen LogP contribution >= 0.6 is 0 Å². The van der Waals surface area contributed by atoms with Gasteiger partial charge in [-0.3, -0.25) is 14.6 Å². The second-order valence-corrected chi connectivity index (χ2v) is 5.38. The minimum Gasteiger partial charge on any atom is -0.340 e. The summed E-state index contributed by atoms with van der Waals surface area (Å²) in [5.41, 5.74) is 2.46. The molecule has 21 heavy (non-hydrogen) atoms. The molecule has 1 aromatic heterocycles. The van der Waals surface area contributed by atoms with Gasteiger partial charge < -0.3 is 4.98 Å². The van der Waals surface area contributed by atoms with Gasteiger partial charge >= 0.3 is 0 Å². The molecule has 0 amide bonds. The lowest BCUT2D eigenvalue weighted by Gasteiger charge is -2.18. The fourth-order valence-corrected chi connectivity index (χ4v) is 2.74. The lowest BCUT2D eigenvalue weighted by Crippen LogP contribution is -2.34. The van der Waals surface area contributed by atoms with Gasteiger partial charge in [-0.15, -0.1) is 0 Å². The number of hydrogen-bond acceptors (Lipinski definition) is 4. The average Bonchev–Trinajstić information content (AvgIpc) is 2.87. The maximum Gasteiger partial charge on any atom is 0.148 e. The molecule has 108 valence electrons. The normalized spacial score (nSPS) is 17.7. The SMILES string of the molecule is CC(=NCc1nc2ccccc2[nH]1)C1C(=O)CCCC1=O. The molecule has 0 atom stereocenters. The number of carbonyl (C=O) groups excluding carboxylic acids is 2. The van der Waals surface area contributed by atoms with Crippen LogP contribution in [0.15, 0.2) is 29.3 Å². The zero-order valence-corrected chi connectivity index (χ0v) is 11.9. The van der Waals surface area contributed by atoms with Crippen molar-refractivity contribution >= 4 is 28.3 Å².